The van der Waals surface area contributed by atoms with Gasteiger partial charge in [-0.05, 0) is 25.8 Å². The fourth-order valence-electron chi connectivity index (χ4n) is 2.98. The zero-order valence-electron chi connectivity index (χ0n) is 12.9. The number of benzene rings is 1. The SMILES string of the molecule is CC1(C)O[C@H]2O[C@@H](CCC=O)[C@H](OCc3ccccc3)[C@H]2O1. The molecule has 1 aromatic rings. The fourth-order valence-corrected chi connectivity index (χ4v) is 2.98. The van der Waals surface area contributed by atoms with Crippen LogP contribution in [0.3, 0.4) is 0 Å². The molecule has 3 rings (SSSR count). The molecule has 0 spiro atoms. The van der Waals surface area contributed by atoms with Gasteiger partial charge in [-0.25, -0.2) is 0 Å². The van der Waals surface area contributed by atoms with Crippen molar-refractivity contribution in [1.82, 2.24) is 0 Å². The van der Waals surface area contributed by atoms with Gasteiger partial charge in [0.1, 0.15) is 18.5 Å². The van der Waals surface area contributed by atoms with E-state index in [2.05, 4.69) is 0 Å². The molecule has 120 valence electrons. The van der Waals surface area contributed by atoms with Gasteiger partial charge in [-0.1, -0.05) is 30.3 Å². The van der Waals surface area contributed by atoms with Crippen LogP contribution in [0.4, 0.5) is 0 Å². The zero-order chi connectivity index (χ0) is 15.6. The van der Waals surface area contributed by atoms with Gasteiger partial charge < -0.3 is 23.7 Å². The van der Waals surface area contributed by atoms with E-state index >= 15 is 0 Å². The third-order valence-electron chi connectivity index (χ3n) is 3.94. The molecule has 0 bridgehead atoms. The lowest BCUT2D eigenvalue weighted by atomic mass is 10.1. The smallest absolute Gasteiger partial charge is 0.190 e. The summed E-state index contributed by atoms with van der Waals surface area (Å²) in [6, 6.07) is 9.97. The predicted octanol–water partition coefficient (Wildman–Crippen LogP) is 2.43. The summed E-state index contributed by atoms with van der Waals surface area (Å²) in [5, 5.41) is 0. The van der Waals surface area contributed by atoms with Gasteiger partial charge in [0.05, 0.1) is 12.7 Å². The third kappa shape index (κ3) is 3.38. The lowest BCUT2D eigenvalue weighted by Gasteiger charge is -2.25. The number of carbonyl (C=O) groups excluding carboxylic acids is 1. The molecule has 0 unspecified atom stereocenters. The van der Waals surface area contributed by atoms with E-state index in [9.17, 15) is 4.79 Å². The largest absolute Gasteiger partial charge is 0.368 e. The van der Waals surface area contributed by atoms with Crippen molar-refractivity contribution in [2.24, 2.45) is 0 Å². The molecule has 2 heterocycles. The number of hydrogen-bond acceptors (Lipinski definition) is 5. The van der Waals surface area contributed by atoms with Gasteiger partial charge in [0, 0.05) is 6.42 Å². The molecule has 0 saturated carbocycles. The van der Waals surface area contributed by atoms with Crippen molar-refractivity contribution in [3.05, 3.63) is 35.9 Å². The number of aldehydes is 1. The molecule has 2 aliphatic heterocycles. The number of hydrogen-bond donors (Lipinski definition) is 0. The van der Waals surface area contributed by atoms with E-state index in [1.54, 1.807) is 0 Å². The van der Waals surface area contributed by atoms with Crippen LogP contribution >= 0.6 is 0 Å². The molecule has 0 aromatic heterocycles. The maximum absolute atomic E-state index is 10.6. The van der Waals surface area contributed by atoms with E-state index in [1.807, 2.05) is 44.2 Å². The molecule has 2 fully saturated rings. The van der Waals surface area contributed by atoms with Crippen molar-refractivity contribution in [3.63, 3.8) is 0 Å². The average Bonchev–Trinajstić information content (AvgIpc) is 2.95. The first kappa shape index (κ1) is 15.6. The van der Waals surface area contributed by atoms with E-state index in [4.69, 9.17) is 18.9 Å². The number of carbonyl (C=O) groups is 1. The Kier molecular flexibility index (Phi) is 4.59. The first-order chi connectivity index (χ1) is 10.6. The predicted molar refractivity (Wildman–Crippen MR) is 79.0 cm³/mol. The Morgan fingerprint density at radius 3 is 2.73 bits per heavy atom. The molecule has 22 heavy (non-hydrogen) atoms. The van der Waals surface area contributed by atoms with E-state index in [0.717, 1.165) is 11.8 Å². The number of ether oxygens (including phenoxy) is 4. The van der Waals surface area contributed by atoms with Gasteiger partial charge in [-0.15, -0.1) is 0 Å². The summed E-state index contributed by atoms with van der Waals surface area (Å²) in [6.45, 7) is 4.21. The van der Waals surface area contributed by atoms with Crippen LogP contribution in [0.25, 0.3) is 0 Å². The maximum atomic E-state index is 10.6. The maximum Gasteiger partial charge on any atom is 0.190 e. The Labute approximate surface area is 130 Å². The second-order valence-corrected chi connectivity index (χ2v) is 6.15. The molecule has 0 aliphatic carbocycles. The van der Waals surface area contributed by atoms with Crippen LogP contribution in [0.5, 0.6) is 0 Å². The van der Waals surface area contributed by atoms with Crippen LogP contribution in [0.2, 0.25) is 0 Å². The van der Waals surface area contributed by atoms with Crippen molar-refractivity contribution in [2.45, 2.75) is 63.7 Å². The van der Waals surface area contributed by atoms with Crippen molar-refractivity contribution in [3.8, 4) is 0 Å². The van der Waals surface area contributed by atoms with Crippen LogP contribution in [0.15, 0.2) is 30.3 Å². The molecule has 0 N–H and O–H groups in total. The molecule has 5 nitrogen and oxygen atoms in total. The number of fused-ring (bicyclic) bond motifs is 1. The Morgan fingerprint density at radius 2 is 2.00 bits per heavy atom. The second kappa shape index (κ2) is 6.46. The summed E-state index contributed by atoms with van der Waals surface area (Å²) in [6.07, 6.45) is 0.869. The summed E-state index contributed by atoms with van der Waals surface area (Å²) in [4.78, 5) is 10.6. The minimum Gasteiger partial charge on any atom is -0.368 e. The van der Waals surface area contributed by atoms with Crippen LogP contribution in [-0.4, -0.2) is 36.7 Å². The first-order valence-electron chi connectivity index (χ1n) is 7.69. The Bertz CT molecular complexity index is 501. The highest BCUT2D eigenvalue weighted by Gasteiger charge is 2.55. The van der Waals surface area contributed by atoms with Crippen molar-refractivity contribution in [2.75, 3.05) is 0 Å². The third-order valence-corrected chi connectivity index (χ3v) is 3.94. The highest BCUT2D eigenvalue weighted by molar-refractivity contribution is 5.49. The van der Waals surface area contributed by atoms with Gasteiger partial charge >= 0.3 is 0 Å². The Morgan fingerprint density at radius 1 is 1.23 bits per heavy atom. The Hall–Kier alpha value is -1.27. The zero-order valence-corrected chi connectivity index (χ0v) is 12.9. The summed E-state index contributed by atoms with van der Waals surface area (Å²) in [5.74, 6) is -0.667. The van der Waals surface area contributed by atoms with Crippen molar-refractivity contribution >= 4 is 6.29 Å². The topological polar surface area (TPSA) is 54.0 Å². The second-order valence-electron chi connectivity index (χ2n) is 6.15. The van der Waals surface area contributed by atoms with Crippen molar-refractivity contribution in [1.29, 1.82) is 0 Å². The van der Waals surface area contributed by atoms with E-state index < -0.39 is 12.1 Å². The van der Waals surface area contributed by atoms with Gasteiger partial charge in [0.2, 0.25) is 0 Å². The molecule has 2 aliphatic rings. The van der Waals surface area contributed by atoms with E-state index in [0.29, 0.717) is 19.4 Å². The highest BCUT2D eigenvalue weighted by atomic mass is 16.8. The van der Waals surface area contributed by atoms with E-state index in [1.165, 1.54) is 0 Å². The summed E-state index contributed by atoms with van der Waals surface area (Å²) in [5.41, 5.74) is 1.10. The minimum atomic E-state index is -0.667. The van der Waals surface area contributed by atoms with Crippen molar-refractivity contribution < 1.29 is 23.7 Å². The molecule has 4 atom stereocenters. The molecular weight excluding hydrogens is 284 g/mol. The fraction of sp³-hybridized carbons (Fsp3) is 0.588. The van der Waals surface area contributed by atoms with E-state index in [-0.39, 0.29) is 18.3 Å². The van der Waals surface area contributed by atoms with Gasteiger partial charge in [0.15, 0.2) is 12.1 Å². The van der Waals surface area contributed by atoms with Gasteiger partial charge in [-0.3, -0.25) is 0 Å². The quantitative estimate of drug-likeness (QED) is 0.756. The summed E-state index contributed by atoms with van der Waals surface area (Å²) in [7, 11) is 0. The lowest BCUT2D eigenvalue weighted by Crippen LogP contribution is -2.36. The molecule has 1 aromatic carbocycles. The molecular formula is C17H22O5. The van der Waals surface area contributed by atoms with Crippen LogP contribution in [-0.2, 0) is 30.3 Å². The lowest BCUT2D eigenvalue weighted by molar-refractivity contribution is -0.219. The van der Waals surface area contributed by atoms with Crippen LogP contribution in [0, 0.1) is 0 Å². The molecule has 5 heteroatoms. The van der Waals surface area contributed by atoms with Crippen LogP contribution in [0.1, 0.15) is 32.3 Å². The monoisotopic (exact) mass is 306 g/mol. The highest BCUT2D eigenvalue weighted by Crippen LogP contribution is 2.40. The molecule has 2 saturated heterocycles. The standard InChI is InChI=1S/C17H22O5/c1-17(2)21-15-14(19-11-12-7-4-3-5-8-12)13(9-6-10-18)20-16(15)22-17/h3-5,7-8,10,13-16H,6,9,11H2,1-2H3/t13-,14-,15+,16+/m0/s1. The van der Waals surface area contributed by atoms with Crippen LogP contribution < -0.4 is 0 Å². The Balaban J connectivity index is 1.67. The van der Waals surface area contributed by atoms with Gasteiger partial charge in [0.25, 0.3) is 0 Å². The normalized spacial score (nSPS) is 32.8. The minimum absolute atomic E-state index is 0.181. The summed E-state index contributed by atoms with van der Waals surface area (Å²) < 4.78 is 23.6. The number of rotatable bonds is 6. The average molecular weight is 306 g/mol. The van der Waals surface area contributed by atoms with Gasteiger partial charge in [-0.2, -0.15) is 0 Å². The molecule has 0 radical (unpaired) electrons. The summed E-state index contributed by atoms with van der Waals surface area (Å²) >= 11 is 0. The first-order valence-corrected chi connectivity index (χ1v) is 7.69. The molecule has 0 amide bonds.